The fourth-order valence-electron chi connectivity index (χ4n) is 7.57. The minimum absolute atomic E-state index is 0.00404. The number of hydrogen-bond donors (Lipinski definition) is 1. The Bertz CT molecular complexity index is 973. The molecule has 0 saturated heterocycles. The summed E-state index contributed by atoms with van der Waals surface area (Å²) in [6.07, 6.45) is 51.3. The normalized spacial score (nSPS) is 13.2. The first-order valence-electron chi connectivity index (χ1n) is 25.5. The third-order valence-electron chi connectivity index (χ3n) is 11.3. The van der Waals surface area contributed by atoms with Gasteiger partial charge in [0.1, 0.15) is 6.61 Å². The first-order chi connectivity index (χ1) is 28.8. The quantitative estimate of drug-likeness (QED) is 0.0279. The molecule has 9 heteroatoms. The van der Waals surface area contributed by atoms with Gasteiger partial charge in [0, 0.05) is 12.8 Å². The molecule has 0 aliphatic heterocycles. The molecular weight excluding hydrogens is 760 g/mol. The van der Waals surface area contributed by atoms with Gasteiger partial charge in [0.25, 0.3) is 0 Å². The van der Waals surface area contributed by atoms with Gasteiger partial charge in [0.2, 0.25) is 0 Å². The van der Waals surface area contributed by atoms with Gasteiger partial charge in [-0.05, 0) is 45.4 Å². The number of carbonyl (C=O) groups excluding carboxylic acids is 2. The summed E-state index contributed by atoms with van der Waals surface area (Å²) in [6, 6.07) is 0. The smallest absolute Gasteiger partial charge is 0.462 e. The third-order valence-corrected chi connectivity index (χ3v) is 12.4. The predicted octanol–water partition coefficient (Wildman–Crippen LogP) is 16.4. The van der Waals surface area contributed by atoms with Crippen LogP contribution in [-0.2, 0) is 32.7 Å². The van der Waals surface area contributed by atoms with Crippen molar-refractivity contribution in [3.05, 3.63) is 12.2 Å². The highest BCUT2D eigenvalue weighted by atomic mass is 31.2. The molecule has 0 rings (SSSR count). The largest absolute Gasteiger partial charge is 0.472 e. The van der Waals surface area contributed by atoms with Crippen molar-refractivity contribution in [2.75, 3.05) is 19.8 Å². The van der Waals surface area contributed by atoms with Gasteiger partial charge >= 0.3 is 19.8 Å². The van der Waals surface area contributed by atoms with Crippen molar-refractivity contribution < 1.29 is 37.6 Å². The van der Waals surface area contributed by atoms with Gasteiger partial charge in [0.15, 0.2) is 6.10 Å². The maximum Gasteiger partial charge on any atom is 0.472 e. The van der Waals surface area contributed by atoms with Gasteiger partial charge in [-0.3, -0.25) is 18.6 Å². The minimum Gasteiger partial charge on any atom is -0.462 e. The number of unbranched alkanes of at least 4 members (excludes halogenated alkanes) is 34. The number of ether oxygens (including phenoxy) is 2. The molecule has 0 fully saturated rings. The van der Waals surface area contributed by atoms with Crippen LogP contribution in [0.4, 0.5) is 0 Å². The number of carbonyl (C=O) groups is 2. The average molecular weight is 857 g/mol. The Morgan fingerprint density at radius 3 is 1.12 bits per heavy atom. The van der Waals surface area contributed by atoms with Crippen molar-refractivity contribution in [3.8, 4) is 0 Å². The number of phosphoric acid groups is 1. The summed E-state index contributed by atoms with van der Waals surface area (Å²) < 4.78 is 32.8. The molecule has 2 unspecified atom stereocenters. The van der Waals surface area contributed by atoms with E-state index in [0.717, 1.165) is 38.5 Å². The highest BCUT2D eigenvalue weighted by Crippen LogP contribution is 2.43. The van der Waals surface area contributed by atoms with E-state index in [1.54, 1.807) is 6.92 Å². The van der Waals surface area contributed by atoms with Crippen molar-refractivity contribution >= 4 is 19.8 Å². The Balaban J connectivity index is 3.93. The molecule has 0 heterocycles. The predicted molar refractivity (Wildman–Crippen MR) is 249 cm³/mol. The molecular formula is C50H97O8P. The standard InChI is InChI=1S/C50H97O8P/c1-4-7-9-11-13-15-17-19-21-23-24-25-26-27-28-29-31-33-35-37-39-41-43-45-50(52)58-48(47-57-59(53,54)56-6-3)46-55-49(51)44-42-40-38-36-34-32-30-22-20-18-16-14-12-10-8-5-2/h23-24,48H,4-22,25-47H2,1-3H3,(H,53,54)/b24-23-. The van der Waals surface area contributed by atoms with Crippen molar-refractivity contribution in [3.63, 3.8) is 0 Å². The average Bonchev–Trinajstić information content (AvgIpc) is 3.22. The molecule has 1 N–H and O–H groups in total. The second-order valence-electron chi connectivity index (χ2n) is 17.2. The van der Waals surface area contributed by atoms with E-state index in [2.05, 4.69) is 26.0 Å². The zero-order valence-corrected chi connectivity index (χ0v) is 40.1. The molecule has 2 atom stereocenters. The molecule has 0 aliphatic rings. The Hall–Kier alpha value is -1.21. The zero-order chi connectivity index (χ0) is 43.2. The third kappa shape index (κ3) is 46.1. The lowest BCUT2D eigenvalue weighted by atomic mass is 10.0. The Kier molecular flexibility index (Phi) is 45.3. The SMILES string of the molecule is CCCCCCCCCC/C=C\CCCCCCCCCCCCCC(=O)OC(COC(=O)CCCCCCCCCCCCCCCCCC)COP(=O)(O)OCC. The molecule has 0 aromatic heterocycles. The van der Waals surface area contributed by atoms with E-state index < -0.39 is 19.9 Å². The van der Waals surface area contributed by atoms with Crippen LogP contribution in [0.3, 0.4) is 0 Å². The van der Waals surface area contributed by atoms with Crippen molar-refractivity contribution in [1.82, 2.24) is 0 Å². The van der Waals surface area contributed by atoms with Gasteiger partial charge < -0.3 is 14.4 Å². The van der Waals surface area contributed by atoms with E-state index >= 15 is 0 Å². The van der Waals surface area contributed by atoms with E-state index in [4.69, 9.17) is 18.5 Å². The molecule has 0 aliphatic carbocycles. The van der Waals surface area contributed by atoms with Gasteiger partial charge in [-0.25, -0.2) is 4.57 Å². The molecule has 0 spiro atoms. The van der Waals surface area contributed by atoms with Gasteiger partial charge in [-0.1, -0.05) is 225 Å². The fourth-order valence-corrected chi connectivity index (χ4v) is 8.32. The zero-order valence-electron chi connectivity index (χ0n) is 39.2. The van der Waals surface area contributed by atoms with Crippen molar-refractivity contribution in [1.29, 1.82) is 0 Å². The van der Waals surface area contributed by atoms with Crippen molar-refractivity contribution in [2.24, 2.45) is 0 Å². The summed E-state index contributed by atoms with van der Waals surface area (Å²) in [7, 11) is -4.28. The maximum absolute atomic E-state index is 12.6. The summed E-state index contributed by atoms with van der Waals surface area (Å²) in [6.45, 7) is 5.53. The van der Waals surface area contributed by atoms with Crippen molar-refractivity contribution in [2.45, 2.75) is 277 Å². The lowest BCUT2D eigenvalue weighted by Gasteiger charge is -2.19. The second kappa shape index (κ2) is 46.3. The first kappa shape index (κ1) is 57.8. The summed E-state index contributed by atoms with van der Waals surface area (Å²) in [5.41, 5.74) is 0. The molecule has 0 amide bonds. The molecule has 0 radical (unpaired) electrons. The van der Waals surface area contributed by atoms with Crippen LogP contribution in [0.1, 0.15) is 271 Å². The molecule has 350 valence electrons. The highest BCUT2D eigenvalue weighted by molar-refractivity contribution is 7.47. The number of phosphoric ester groups is 1. The first-order valence-corrected chi connectivity index (χ1v) is 27.0. The van der Waals surface area contributed by atoms with E-state index in [-0.39, 0.29) is 32.2 Å². The van der Waals surface area contributed by atoms with E-state index in [0.29, 0.717) is 6.42 Å². The molecule has 0 aromatic carbocycles. The fraction of sp³-hybridized carbons (Fsp3) is 0.920. The van der Waals surface area contributed by atoms with E-state index in [9.17, 15) is 19.0 Å². The monoisotopic (exact) mass is 857 g/mol. The summed E-state index contributed by atoms with van der Waals surface area (Å²) in [4.78, 5) is 34.9. The van der Waals surface area contributed by atoms with Gasteiger partial charge in [-0.15, -0.1) is 0 Å². The molecule has 0 saturated carbocycles. The molecule has 59 heavy (non-hydrogen) atoms. The van der Waals surface area contributed by atoms with Crippen LogP contribution >= 0.6 is 7.82 Å². The minimum atomic E-state index is -4.28. The summed E-state index contributed by atoms with van der Waals surface area (Å²) >= 11 is 0. The molecule has 0 aromatic rings. The number of allylic oxidation sites excluding steroid dienone is 2. The topological polar surface area (TPSA) is 108 Å². The van der Waals surface area contributed by atoms with Crippen LogP contribution in [0.2, 0.25) is 0 Å². The highest BCUT2D eigenvalue weighted by Gasteiger charge is 2.25. The van der Waals surface area contributed by atoms with Gasteiger partial charge in [-0.2, -0.15) is 0 Å². The van der Waals surface area contributed by atoms with Crippen LogP contribution in [0.15, 0.2) is 12.2 Å². The Morgan fingerprint density at radius 1 is 0.441 bits per heavy atom. The Morgan fingerprint density at radius 2 is 0.763 bits per heavy atom. The Labute approximate surface area is 365 Å². The lowest BCUT2D eigenvalue weighted by Crippen LogP contribution is -2.29. The van der Waals surface area contributed by atoms with Crippen LogP contribution in [0.25, 0.3) is 0 Å². The van der Waals surface area contributed by atoms with Crippen LogP contribution in [0, 0.1) is 0 Å². The summed E-state index contributed by atoms with van der Waals surface area (Å²) in [5.74, 6) is -0.781. The molecule has 8 nitrogen and oxygen atoms in total. The molecule has 0 bridgehead atoms. The summed E-state index contributed by atoms with van der Waals surface area (Å²) in [5, 5.41) is 0. The van der Waals surface area contributed by atoms with Gasteiger partial charge in [0.05, 0.1) is 13.2 Å². The number of hydrogen-bond acceptors (Lipinski definition) is 7. The second-order valence-corrected chi connectivity index (χ2v) is 18.6. The van der Waals surface area contributed by atoms with Crippen LogP contribution in [0.5, 0.6) is 0 Å². The van der Waals surface area contributed by atoms with Crippen LogP contribution in [-0.4, -0.2) is 42.8 Å². The number of rotatable bonds is 48. The maximum atomic E-state index is 12.6. The van der Waals surface area contributed by atoms with E-state index in [1.165, 1.54) is 199 Å². The van der Waals surface area contributed by atoms with Crippen LogP contribution < -0.4 is 0 Å². The van der Waals surface area contributed by atoms with E-state index in [1.807, 2.05) is 0 Å². The number of esters is 2. The lowest BCUT2D eigenvalue weighted by molar-refractivity contribution is -0.161.